The molecule has 1 heterocycles. The second-order valence-electron chi connectivity index (χ2n) is 3.48. The van der Waals surface area contributed by atoms with Crippen molar-refractivity contribution in [2.24, 2.45) is 5.92 Å². The zero-order chi connectivity index (χ0) is 10.0. The van der Waals surface area contributed by atoms with Gasteiger partial charge in [0.05, 0.1) is 12.7 Å². The molecule has 0 aromatic carbocycles. The fourth-order valence-corrected chi connectivity index (χ4v) is 1.25. The Bertz CT molecular complexity index is 298. The summed E-state index contributed by atoms with van der Waals surface area (Å²) in [5.41, 5.74) is 0. The van der Waals surface area contributed by atoms with Crippen LogP contribution in [0.4, 0.5) is 14.6 Å². The molecule has 0 bridgehead atoms. The summed E-state index contributed by atoms with van der Waals surface area (Å²) >= 11 is 0. The lowest BCUT2D eigenvalue weighted by Crippen LogP contribution is -2.29. The molecule has 0 atom stereocenters. The first-order valence-corrected chi connectivity index (χ1v) is 4.56. The van der Waals surface area contributed by atoms with Crippen LogP contribution in [0.2, 0.25) is 0 Å². The van der Waals surface area contributed by atoms with Crippen LogP contribution in [0, 0.1) is 5.92 Å². The summed E-state index contributed by atoms with van der Waals surface area (Å²) in [5, 5.41) is 2.58. The first-order chi connectivity index (χ1) is 6.68. The molecule has 2 rings (SSSR count). The van der Waals surface area contributed by atoms with E-state index >= 15 is 0 Å². The van der Waals surface area contributed by atoms with E-state index in [2.05, 4.69) is 15.3 Å². The Morgan fingerprint density at radius 3 is 2.79 bits per heavy atom. The van der Waals surface area contributed by atoms with Crippen LogP contribution in [0.1, 0.15) is 12.8 Å². The molecule has 1 aromatic heterocycles. The molecular weight excluding hydrogens is 188 g/mol. The van der Waals surface area contributed by atoms with Crippen LogP contribution in [0.3, 0.4) is 0 Å². The van der Waals surface area contributed by atoms with Crippen LogP contribution < -0.4 is 5.32 Å². The van der Waals surface area contributed by atoms with Crippen molar-refractivity contribution in [2.75, 3.05) is 11.9 Å². The maximum absolute atomic E-state index is 13.2. The van der Waals surface area contributed by atoms with Gasteiger partial charge < -0.3 is 5.32 Å². The molecule has 0 aliphatic heterocycles. The maximum Gasteiger partial charge on any atom is 0.267 e. The minimum absolute atomic E-state index is 0.351. The molecule has 1 N–H and O–H groups in total. The zero-order valence-electron chi connectivity index (χ0n) is 7.58. The van der Waals surface area contributed by atoms with Crippen LogP contribution in [0.5, 0.6) is 0 Å². The van der Waals surface area contributed by atoms with Crippen molar-refractivity contribution < 1.29 is 8.78 Å². The van der Waals surface area contributed by atoms with Crippen molar-refractivity contribution in [1.29, 1.82) is 0 Å². The van der Waals surface area contributed by atoms with Crippen molar-refractivity contribution in [3.63, 3.8) is 0 Å². The van der Waals surface area contributed by atoms with Gasteiger partial charge in [-0.3, -0.25) is 4.98 Å². The lowest BCUT2D eigenvalue weighted by atomic mass is 10.2. The molecule has 0 spiro atoms. The Labute approximate surface area is 80.6 Å². The van der Waals surface area contributed by atoms with Gasteiger partial charge in [0.25, 0.3) is 5.92 Å². The normalized spacial score (nSPS) is 16.7. The van der Waals surface area contributed by atoms with Gasteiger partial charge in [-0.1, -0.05) is 0 Å². The predicted octanol–water partition coefficient (Wildman–Crippen LogP) is 1.93. The molecule has 5 heteroatoms. The number of hydrogen-bond donors (Lipinski definition) is 1. The van der Waals surface area contributed by atoms with Gasteiger partial charge in [0.2, 0.25) is 0 Å². The molecular formula is C9H11F2N3. The van der Waals surface area contributed by atoms with Crippen LogP contribution >= 0.6 is 0 Å². The molecule has 1 aliphatic rings. The van der Waals surface area contributed by atoms with Crippen LogP contribution in [0.25, 0.3) is 0 Å². The second-order valence-corrected chi connectivity index (χ2v) is 3.48. The van der Waals surface area contributed by atoms with Gasteiger partial charge in [-0.25, -0.2) is 13.8 Å². The van der Waals surface area contributed by atoms with Crippen LogP contribution in [-0.2, 0) is 0 Å². The number of anilines is 1. The summed E-state index contributed by atoms with van der Waals surface area (Å²) in [5.74, 6) is -2.66. The van der Waals surface area contributed by atoms with E-state index in [-0.39, 0.29) is 6.54 Å². The Hall–Kier alpha value is -1.26. The third-order valence-electron chi connectivity index (χ3n) is 2.24. The number of nitrogens with zero attached hydrogens (tertiary/aromatic N) is 2. The number of halogens is 2. The highest BCUT2D eigenvalue weighted by Crippen LogP contribution is 2.43. The van der Waals surface area contributed by atoms with E-state index in [9.17, 15) is 8.78 Å². The summed E-state index contributed by atoms with van der Waals surface area (Å²) in [4.78, 5) is 7.63. The summed E-state index contributed by atoms with van der Waals surface area (Å²) in [6.07, 6.45) is 5.68. The smallest absolute Gasteiger partial charge is 0.267 e. The van der Waals surface area contributed by atoms with Crippen molar-refractivity contribution in [1.82, 2.24) is 9.97 Å². The van der Waals surface area contributed by atoms with Crippen LogP contribution in [0.15, 0.2) is 18.6 Å². The Morgan fingerprint density at radius 1 is 1.43 bits per heavy atom. The fourth-order valence-electron chi connectivity index (χ4n) is 1.25. The minimum Gasteiger partial charge on any atom is -0.363 e. The molecule has 0 unspecified atom stereocenters. The molecule has 3 nitrogen and oxygen atoms in total. The number of rotatable bonds is 4. The number of aromatic nitrogens is 2. The SMILES string of the molecule is FC(F)(CNc1cnccn1)C1CC1. The standard InChI is InChI=1S/C9H11F2N3/c10-9(11,7-1-2-7)6-14-8-5-12-3-4-13-8/h3-5,7H,1-2,6H2,(H,13,14). The van der Waals surface area contributed by atoms with Gasteiger partial charge in [0.1, 0.15) is 5.82 Å². The molecule has 14 heavy (non-hydrogen) atoms. The highest BCUT2D eigenvalue weighted by molar-refractivity contribution is 5.30. The molecule has 76 valence electrons. The third kappa shape index (κ3) is 2.16. The van der Waals surface area contributed by atoms with Gasteiger partial charge in [0, 0.05) is 18.3 Å². The number of alkyl halides is 2. The zero-order valence-corrected chi connectivity index (χ0v) is 7.58. The minimum atomic E-state index is -2.61. The van der Waals surface area contributed by atoms with Crippen LogP contribution in [-0.4, -0.2) is 22.4 Å². The molecule has 1 aromatic rings. The lowest BCUT2D eigenvalue weighted by Gasteiger charge is -2.15. The van der Waals surface area contributed by atoms with Crippen molar-refractivity contribution in [3.05, 3.63) is 18.6 Å². The van der Waals surface area contributed by atoms with E-state index in [0.29, 0.717) is 18.7 Å². The molecule has 1 saturated carbocycles. The average molecular weight is 199 g/mol. The summed E-state index contributed by atoms with van der Waals surface area (Å²) < 4.78 is 26.4. The van der Waals surface area contributed by atoms with Gasteiger partial charge >= 0.3 is 0 Å². The van der Waals surface area contributed by atoms with E-state index in [4.69, 9.17) is 0 Å². The molecule has 1 fully saturated rings. The Morgan fingerprint density at radius 2 is 2.21 bits per heavy atom. The Balaban J connectivity index is 1.87. The lowest BCUT2D eigenvalue weighted by molar-refractivity contribution is -0.00824. The quantitative estimate of drug-likeness (QED) is 0.805. The predicted molar refractivity (Wildman–Crippen MR) is 48.2 cm³/mol. The average Bonchev–Trinajstić information content (AvgIpc) is 3.00. The largest absolute Gasteiger partial charge is 0.363 e. The third-order valence-corrected chi connectivity index (χ3v) is 2.24. The van der Waals surface area contributed by atoms with E-state index in [1.165, 1.54) is 18.6 Å². The first kappa shape index (κ1) is 9.30. The summed E-state index contributed by atoms with van der Waals surface area (Å²) in [6, 6.07) is 0. The van der Waals surface area contributed by atoms with Gasteiger partial charge in [0.15, 0.2) is 0 Å². The van der Waals surface area contributed by atoms with E-state index in [1.54, 1.807) is 0 Å². The van der Waals surface area contributed by atoms with Crippen molar-refractivity contribution in [3.8, 4) is 0 Å². The van der Waals surface area contributed by atoms with E-state index < -0.39 is 11.8 Å². The maximum atomic E-state index is 13.2. The van der Waals surface area contributed by atoms with Gasteiger partial charge in [-0.2, -0.15) is 0 Å². The number of nitrogens with one attached hydrogen (secondary N) is 1. The summed E-state index contributed by atoms with van der Waals surface area (Å²) in [6.45, 7) is -0.351. The van der Waals surface area contributed by atoms with E-state index in [1.807, 2.05) is 0 Å². The highest BCUT2D eigenvalue weighted by Gasteiger charge is 2.46. The number of hydrogen-bond acceptors (Lipinski definition) is 3. The molecule has 1 aliphatic carbocycles. The Kier molecular flexibility index (Phi) is 2.31. The summed E-state index contributed by atoms with van der Waals surface area (Å²) in [7, 11) is 0. The fraction of sp³-hybridized carbons (Fsp3) is 0.556. The monoisotopic (exact) mass is 199 g/mol. The highest BCUT2D eigenvalue weighted by atomic mass is 19.3. The van der Waals surface area contributed by atoms with Gasteiger partial charge in [-0.05, 0) is 12.8 Å². The molecule has 0 saturated heterocycles. The van der Waals surface area contributed by atoms with E-state index in [0.717, 1.165) is 0 Å². The van der Waals surface area contributed by atoms with Gasteiger partial charge in [-0.15, -0.1) is 0 Å². The first-order valence-electron chi connectivity index (χ1n) is 4.56. The molecule has 0 radical (unpaired) electrons. The topological polar surface area (TPSA) is 37.8 Å². The molecule has 0 amide bonds. The van der Waals surface area contributed by atoms with Crippen molar-refractivity contribution in [2.45, 2.75) is 18.8 Å². The second kappa shape index (κ2) is 3.48. The van der Waals surface area contributed by atoms with Crippen molar-refractivity contribution >= 4 is 5.82 Å².